The number of aliphatic imine (C=N–C) groups is 1. The van der Waals surface area contributed by atoms with Crippen LogP contribution >= 0.6 is 0 Å². The highest BCUT2D eigenvalue weighted by Gasteiger charge is 2.13. The number of ether oxygens (including phenoxy) is 3. The summed E-state index contributed by atoms with van der Waals surface area (Å²) in [6, 6.07) is 12.3. The lowest BCUT2D eigenvalue weighted by molar-refractivity contribution is 0.174. The highest BCUT2D eigenvalue weighted by Crippen LogP contribution is 2.32. The Morgan fingerprint density at radius 1 is 1.04 bits per heavy atom. The first-order valence-corrected chi connectivity index (χ1v) is 9.16. The molecule has 0 aliphatic carbocycles. The minimum Gasteiger partial charge on any atom is -0.496 e. The normalized spacial score (nSPS) is 12.8. The number of nitrogens with zero attached hydrogens (tertiary/aromatic N) is 1. The van der Waals surface area contributed by atoms with E-state index in [1.165, 1.54) is 16.7 Å². The number of nitrogens with one attached hydrogen (secondary N) is 2. The van der Waals surface area contributed by atoms with Crippen molar-refractivity contribution in [1.82, 2.24) is 10.6 Å². The molecule has 0 saturated heterocycles. The summed E-state index contributed by atoms with van der Waals surface area (Å²) in [5, 5.41) is 6.70. The maximum Gasteiger partial charge on any atom is 0.231 e. The van der Waals surface area contributed by atoms with Gasteiger partial charge in [-0.25, -0.2) is 0 Å². The number of benzene rings is 2. The molecule has 1 aliphatic heterocycles. The van der Waals surface area contributed by atoms with Crippen molar-refractivity contribution in [3.8, 4) is 17.2 Å². The lowest BCUT2D eigenvalue weighted by Crippen LogP contribution is -2.39. The number of hydrogen-bond donors (Lipinski definition) is 2. The number of aryl methyl sites for hydroxylation is 1. The molecule has 144 valence electrons. The molecule has 0 saturated carbocycles. The molecule has 0 spiro atoms. The minimum absolute atomic E-state index is 0.305. The molecule has 2 aromatic rings. The zero-order valence-electron chi connectivity index (χ0n) is 16.2. The molecule has 3 rings (SSSR count). The summed E-state index contributed by atoms with van der Waals surface area (Å²) >= 11 is 0. The van der Waals surface area contributed by atoms with Gasteiger partial charge < -0.3 is 24.8 Å². The average Bonchev–Trinajstić information content (AvgIpc) is 3.15. The van der Waals surface area contributed by atoms with Crippen molar-refractivity contribution in [1.29, 1.82) is 0 Å². The van der Waals surface area contributed by atoms with E-state index in [1.54, 1.807) is 14.2 Å². The van der Waals surface area contributed by atoms with E-state index in [4.69, 9.17) is 14.2 Å². The van der Waals surface area contributed by atoms with Gasteiger partial charge in [-0.05, 0) is 49.1 Å². The fourth-order valence-corrected chi connectivity index (χ4v) is 3.06. The summed E-state index contributed by atoms with van der Waals surface area (Å²) in [5.74, 6) is 3.35. The number of rotatable bonds is 7. The molecule has 1 aliphatic rings. The fraction of sp³-hybridized carbons (Fsp3) is 0.381. The predicted molar refractivity (Wildman–Crippen MR) is 107 cm³/mol. The molecule has 6 heteroatoms. The summed E-state index contributed by atoms with van der Waals surface area (Å²) in [7, 11) is 3.49. The average molecular weight is 369 g/mol. The lowest BCUT2D eigenvalue weighted by atomic mass is 10.1. The molecule has 0 amide bonds. The van der Waals surface area contributed by atoms with E-state index in [9.17, 15) is 0 Å². The van der Waals surface area contributed by atoms with Gasteiger partial charge in [0.1, 0.15) is 5.75 Å². The topological polar surface area (TPSA) is 64.1 Å². The van der Waals surface area contributed by atoms with Gasteiger partial charge in [0.15, 0.2) is 17.5 Å². The molecular weight excluding hydrogens is 342 g/mol. The maximum absolute atomic E-state index is 5.44. The third kappa shape index (κ3) is 5.06. The molecule has 2 aromatic carbocycles. The van der Waals surface area contributed by atoms with E-state index in [0.29, 0.717) is 6.79 Å². The zero-order valence-corrected chi connectivity index (χ0v) is 16.2. The van der Waals surface area contributed by atoms with Crippen molar-refractivity contribution in [2.45, 2.75) is 19.8 Å². The zero-order chi connectivity index (χ0) is 19.1. The van der Waals surface area contributed by atoms with Crippen LogP contribution in [-0.2, 0) is 12.8 Å². The van der Waals surface area contributed by atoms with Crippen LogP contribution in [0.15, 0.2) is 41.4 Å². The van der Waals surface area contributed by atoms with E-state index in [1.807, 2.05) is 18.2 Å². The fourth-order valence-electron chi connectivity index (χ4n) is 3.06. The maximum atomic E-state index is 5.44. The second kappa shape index (κ2) is 9.16. The van der Waals surface area contributed by atoms with Crippen molar-refractivity contribution < 1.29 is 14.2 Å². The summed E-state index contributed by atoms with van der Waals surface area (Å²) in [4.78, 5) is 4.29. The van der Waals surface area contributed by atoms with Crippen molar-refractivity contribution in [3.05, 3.63) is 53.1 Å². The van der Waals surface area contributed by atoms with Crippen LogP contribution in [0.5, 0.6) is 17.2 Å². The van der Waals surface area contributed by atoms with Crippen LogP contribution in [0.2, 0.25) is 0 Å². The van der Waals surface area contributed by atoms with Gasteiger partial charge in [-0.1, -0.05) is 23.8 Å². The van der Waals surface area contributed by atoms with Crippen molar-refractivity contribution in [2.24, 2.45) is 4.99 Å². The highest BCUT2D eigenvalue weighted by molar-refractivity contribution is 5.79. The Balaban J connectivity index is 1.44. The highest BCUT2D eigenvalue weighted by atomic mass is 16.7. The molecule has 1 heterocycles. The molecule has 0 radical (unpaired) electrons. The molecular formula is C21H27N3O3. The first-order valence-electron chi connectivity index (χ1n) is 9.16. The number of methoxy groups -OCH3 is 1. The molecule has 2 N–H and O–H groups in total. The van der Waals surface area contributed by atoms with Gasteiger partial charge in [-0.3, -0.25) is 4.99 Å². The Morgan fingerprint density at radius 3 is 2.59 bits per heavy atom. The Hall–Kier alpha value is -2.89. The van der Waals surface area contributed by atoms with Crippen LogP contribution in [0.25, 0.3) is 0 Å². The first kappa shape index (κ1) is 18.9. The molecule has 0 bridgehead atoms. The third-order valence-corrected chi connectivity index (χ3v) is 4.49. The van der Waals surface area contributed by atoms with Crippen LogP contribution in [0, 0.1) is 6.92 Å². The third-order valence-electron chi connectivity index (χ3n) is 4.49. The van der Waals surface area contributed by atoms with Gasteiger partial charge in [0, 0.05) is 20.1 Å². The molecule has 0 fully saturated rings. The summed E-state index contributed by atoms with van der Waals surface area (Å²) in [6.07, 6.45) is 1.75. The summed E-state index contributed by atoms with van der Waals surface area (Å²) in [6.45, 7) is 3.96. The first-order chi connectivity index (χ1) is 13.2. The van der Waals surface area contributed by atoms with Gasteiger partial charge in [0.2, 0.25) is 6.79 Å². The van der Waals surface area contributed by atoms with Gasteiger partial charge in [0.05, 0.1) is 7.11 Å². The lowest BCUT2D eigenvalue weighted by Gasteiger charge is -2.13. The van der Waals surface area contributed by atoms with Crippen LogP contribution in [0.1, 0.15) is 16.7 Å². The smallest absolute Gasteiger partial charge is 0.231 e. The van der Waals surface area contributed by atoms with Crippen molar-refractivity contribution >= 4 is 5.96 Å². The van der Waals surface area contributed by atoms with E-state index in [2.05, 4.69) is 40.7 Å². The molecule has 6 nitrogen and oxygen atoms in total. The van der Waals surface area contributed by atoms with Crippen LogP contribution in [0.4, 0.5) is 0 Å². The second-order valence-corrected chi connectivity index (χ2v) is 6.43. The Labute approximate surface area is 160 Å². The number of guanidine groups is 1. The minimum atomic E-state index is 0.305. The monoisotopic (exact) mass is 369 g/mol. The predicted octanol–water partition coefficient (Wildman–Crippen LogP) is 2.68. The van der Waals surface area contributed by atoms with Crippen molar-refractivity contribution in [3.63, 3.8) is 0 Å². The SMILES string of the molecule is CN=C(NCCc1ccc2c(c1)OCO2)NCCc1cc(C)ccc1OC. The molecule has 0 unspecified atom stereocenters. The van der Waals surface area contributed by atoms with Crippen molar-refractivity contribution in [2.75, 3.05) is 34.0 Å². The Kier molecular flexibility index (Phi) is 6.41. The van der Waals surface area contributed by atoms with Crippen LogP contribution in [0.3, 0.4) is 0 Å². The molecule has 0 atom stereocenters. The van der Waals surface area contributed by atoms with E-state index in [0.717, 1.165) is 49.1 Å². The summed E-state index contributed by atoms with van der Waals surface area (Å²) in [5.41, 5.74) is 3.63. The van der Waals surface area contributed by atoms with Gasteiger partial charge in [0.25, 0.3) is 0 Å². The van der Waals surface area contributed by atoms with Gasteiger partial charge in [-0.2, -0.15) is 0 Å². The molecule has 0 aromatic heterocycles. The number of hydrogen-bond acceptors (Lipinski definition) is 4. The summed E-state index contributed by atoms with van der Waals surface area (Å²) < 4.78 is 16.2. The van der Waals surface area contributed by atoms with Gasteiger partial charge in [-0.15, -0.1) is 0 Å². The second-order valence-electron chi connectivity index (χ2n) is 6.43. The van der Waals surface area contributed by atoms with Crippen LogP contribution < -0.4 is 24.8 Å². The standard InChI is InChI=1S/C21H27N3O3/c1-15-4-6-18(25-3)17(12-15)9-11-24-21(22-2)23-10-8-16-5-7-19-20(13-16)27-14-26-19/h4-7,12-13H,8-11,14H2,1-3H3,(H2,22,23,24). The largest absolute Gasteiger partial charge is 0.496 e. The van der Waals surface area contributed by atoms with Crippen LogP contribution in [-0.4, -0.2) is 40.0 Å². The molecule has 27 heavy (non-hydrogen) atoms. The van der Waals surface area contributed by atoms with Gasteiger partial charge >= 0.3 is 0 Å². The number of fused-ring (bicyclic) bond motifs is 1. The quantitative estimate of drug-likeness (QED) is 0.580. The Bertz CT molecular complexity index is 805. The van der Waals surface area contributed by atoms with E-state index in [-0.39, 0.29) is 0 Å². The Morgan fingerprint density at radius 2 is 1.81 bits per heavy atom. The van der Waals surface area contributed by atoms with E-state index < -0.39 is 0 Å². The van der Waals surface area contributed by atoms with E-state index >= 15 is 0 Å².